The maximum atomic E-state index is 11.8. The minimum Gasteiger partial charge on any atom is -0.392 e. The van der Waals surface area contributed by atoms with E-state index in [2.05, 4.69) is 17.1 Å². The van der Waals surface area contributed by atoms with Crippen LogP contribution in [0, 0.1) is 5.92 Å². The second kappa shape index (κ2) is 12.4. The van der Waals surface area contributed by atoms with E-state index in [0.717, 1.165) is 55.1 Å². The number of aliphatic hydroxyl groups excluding tert-OH is 1. The van der Waals surface area contributed by atoms with Gasteiger partial charge >= 0.3 is 0 Å². The van der Waals surface area contributed by atoms with E-state index in [-0.39, 0.29) is 31.3 Å². The monoisotopic (exact) mass is 556 g/mol. The highest BCUT2D eigenvalue weighted by atomic mass is 35.6. The van der Waals surface area contributed by atoms with Crippen molar-refractivity contribution in [3.63, 3.8) is 0 Å². The largest absolute Gasteiger partial charge is 0.392 e. The standard InChI is InChI=1S/C26H31Cl3N2O5/c1-17-22(15-31-10-12-34-13-11-31)35-24(36-23(17)20-6-4-19(16-32)5-7-20)21-8-2-18(3-9-21)14-30-25(33)26(27,28)29/h2-9,17,22-24,32H,10-16H2,1H3,(H,30,33)/t17-,22+,23+,24+/m1/s1. The summed E-state index contributed by atoms with van der Waals surface area (Å²) >= 11 is 16.8. The predicted molar refractivity (Wildman–Crippen MR) is 139 cm³/mol. The van der Waals surface area contributed by atoms with Gasteiger partial charge in [-0.15, -0.1) is 0 Å². The molecular formula is C26H31Cl3N2O5. The number of hydrogen-bond donors (Lipinski definition) is 2. The van der Waals surface area contributed by atoms with Gasteiger partial charge in [-0.1, -0.05) is 90.3 Å². The van der Waals surface area contributed by atoms with Crippen LogP contribution in [0.2, 0.25) is 0 Å². The van der Waals surface area contributed by atoms with Crippen molar-refractivity contribution >= 4 is 40.7 Å². The summed E-state index contributed by atoms with van der Waals surface area (Å²) in [5.41, 5.74) is 3.64. The van der Waals surface area contributed by atoms with Crippen molar-refractivity contribution in [1.29, 1.82) is 0 Å². The van der Waals surface area contributed by atoms with Gasteiger partial charge in [0.05, 0.1) is 32.0 Å². The van der Waals surface area contributed by atoms with Gasteiger partial charge in [-0.3, -0.25) is 9.69 Å². The van der Waals surface area contributed by atoms with Gasteiger partial charge in [0.2, 0.25) is 0 Å². The Kier molecular flexibility index (Phi) is 9.52. The number of alkyl halides is 3. The van der Waals surface area contributed by atoms with Crippen molar-refractivity contribution < 1.29 is 24.1 Å². The zero-order valence-electron chi connectivity index (χ0n) is 20.0. The Morgan fingerprint density at radius 2 is 1.61 bits per heavy atom. The minimum atomic E-state index is -2.00. The lowest BCUT2D eigenvalue weighted by Gasteiger charge is -2.43. The van der Waals surface area contributed by atoms with Crippen LogP contribution in [0.4, 0.5) is 0 Å². The maximum Gasteiger partial charge on any atom is 0.272 e. The van der Waals surface area contributed by atoms with Crippen LogP contribution in [-0.2, 0) is 32.2 Å². The quantitative estimate of drug-likeness (QED) is 0.495. The summed E-state index contributed by atoms with van der Waals surface area (Å²) in [6.07, 6.45) is -0.780. The predicted octanol–water partition coefficient (Wildman–Crippen LogP) is 4.29. The lowest BCUT2D eigenvalue weighted by Crippen LogP contribution is -2.47. The fourth-order valence-electron chi connectivity index (χ4n) is 4.44. The first-order chi connectivity index (χ1) is 17.2. The number of aliphatic hydroxyl groups is 1. The summed E-state index contributed by atoms with van der Waals surface area (Å²) < 4.78 is 16.5. The van der Waals surface area contributed by atoms with Gasteiger partial charge in [0.15, 0.2) is 6.29 Å². The van der Waals surface area contributed by atoms with Gasteiger partial charge in [0, 0.05) is 37.7 Å². The molecule has 0 spiro atoms. The molecule has 0 aromatic heterocycles. The average Bonchev–Trinajstić information content (AvgIpc) is 2.89. The van der Waals surface area contributed by atoms with Crippen molar-refractivity contribution in [3.8, 4) is 0 Å². The molecule has 2 N–H and O–H groups in total. The third-order valence-electron chi connectivity index (χ3n) is 6.63. The summed E-state index contributed by atoms with van der Waals surface area (Å²) in [5.74, 6) is -0.564. The van der Waals surface area contributed by atoms with Crippen LogP contribution in [0.3, 0.4) is 0 Å². The molecular weight excluding hydrogens is 527 g/mol. The lowest BCUT2D eigenvalue weighted by molar-refractivity contribution is -0.277. The Morgan fingerprint density at radius 1 is 1.00 bits per heavy atom. The van der Waals surface area contributed by atoms with Crippen molar-refractivity contribution in [1.82, 2.24) is 10.2 Å². The number of rotatable bonds is 7. The second-order valence-electron chi connectivity index (χ2n) is 9.16. The molecule has 36 heavy (non-hydrogen) atoms. The first kappa shape index (κ1) is 27.6. The SMILES string of the molecule is C[C@@H]1[C@H](CN2CCOCC2)O[C@H](c2ccc(CNC(=O)C(Cl)(Cl)Cl)cc2)O[C@@H]1c1ccc(CO)cc1. The molecule has 7 nitrogen and oxygen atoms in total. The molecule has 2 aromatic rings. The van der Waals surface area contributed by atoms with E-state index in [4.69, 9.17) is 49.0 Å². The smallest absolute Gasteiger partial charge is 0.272 e. The Morgan fingerprint density at radius 3 is 2.22 bits per heavy atom. The van der Waals surface area contributed by atoms with E-state index in [9.17, 15) is 9.90 Å². The lowest BCUT2D eigenvalue weighted by atomic mass is 9.90. The Hall–Kier alpha value is -1.42. The maximum absolute atomic E-state index is 11.8. The molecule has 1 amide bonds. The third-order valence-corrected chi connectivity index (χ3v) is 7.14. The van der Waals surface area contributed by atoms with Crippen LogP contribution < -0.4 is 5.32 Å². The van der Waals surface area contributed by atoms with E-state index in [0.29, 0.717) is 0 Å². The summed E-state index contributed by atoms with van der Waals surface area (Å²) in [7, 11) is 0. The van der Waals surface area contributed by atoms with Crippen LogP contribution >= 0.6 is 34.8 Å². The van der Waals surface area contributed by atoms with Gasteiger partial charge in [0.25, 0.3) is 9.70 Å². The summed E-state index contributed by atoms with van der Waals surface area (Å²) in [5, 5.41) is 12.0. The Bertz CT molecular complexity index is 994. The van der Waals surface area contributed by atoms with Crippen LogP contribution in [0.5, 0.6) is 0 Å². The van der Waals surface area contributed by atoms with E-state index >= 15 is 0 Å². The fourth-order valence-corrected chi connectivity index (χ4v) is 4.64. The number of benzene rings is 2. The number of amides is 1. The van der Waals surface area contributed by atoms with E-state index in [1.807, 2.05) is 48.5 Å². The summed E-state index contributed by atoms with van der Waals surface area (Å²) in [4.78, 5) is 14.2. The normalized spacial score (nSPS) is 25.5. The Labute approximate surface area is 226 Å². The van der Waals surface area contributed by atoms with Gasteiger partial charge in [0.1, 0.15) is 0 Å². The zero-order chi connectivity index (χ0) is 25.7. The molecule has 0 aliphatic carbocycles. The van der Waals surface area contributed by atoms with Crippen LogP contribution in [-0.4, -0.2) is 58.7 Å². The van der Waals surface area contributed by atoms with Crippen molar-refractivity contribution in [3.05, 3.63) is 70.8 Å². The molecule has 10 heteroatoms. The molecule has 2 fully saturated rings. The van der Waals surface area contributed by atoms with E-state index in [1.54, 1.807) is 0 Å². The topological polar surface area (TPSA) is 80.3 Å². The van der Waals surface area contributed by atoms with Gasteiger partial charge in [-0.2, -0.15) is 0 Å². The molecule has 0 bridgehead atoms. The molecule has 2 aliphatic heterocycles. The number of nitrogens with zero attached hydrogens (tertiary/aromatic N) is 1. The molecule has 0 unspecified atom stereocenters. The number of halogens is 3. The molecule has 2 aromatic carbocycles. The van der Waals surface area contributed by atoms with Gasteiger partial charge < -0.3 is 24.6 Å². The van der Waals surface area contributed by atoms with Gasteiger partial charge in [-0.25, -0.2) is 0 Å². The molecule has 4 atom stereocenters. The zero-order valence-corrected chi connectivity index (χ0v) is 22.3. The number of carbonyl (C=O) groups excluding carboxylic acids is 1. The first-order valence-corrected chi connectivity index (χ1v) is 13.1. The molecule has 196 valence electrons. The molecule has 0 radical (unpaired) electrons. The van der Waals surface area contributed by atoms with Crippen molar-refractivity contribution in [2.24, 2.45) is 5.92 Å². The summed E-state index contributed by atoms with van der Waals surface area (Å²) in [6.45, 7) is 6.38. The number of hydrogen-bond acceptors (Lipinski definition) is 6. The van der Waals surface area contributed by atoms with Crippen LogP contribution in [0.1, 0.15) is 41.6 Å². The van der Waals surface area contributed by atoms with E-state index in [1.165, 1.54) is 0 Å². The van der Waals surface area contributed by atoms with Crippen LogP contribution in [0.25, 0.3) is 0 Å². The highest BCUT2D eigenvalue weighted by Crippen LogP contribution is 2.42. The molecule has 2 heterocycles. The third kappa shape index (κ3) is 7.11. The average molecular weight is 558 g/mol. The molecule has 2 saturated heterocycles. The van der Waals surface area contributed by atoms with Crippen molar-refractivity contribution in [2.75, 3.05) is 32.8 Å². The molecule has 0 saturated carbocycles. The number of carbonyl (C=O) groups is 1. The highest BCUT2D eigenvalue weighted by Gasteiger charge is 2.39. The van der Waals surface area contributed by atoms with Crippen LogP contribution in [0.15, 0.2) is 48.5 Å². The Balaban J connectivity index is 1.50. The van der Waals surface area contributed by atoms with Gasteiger partial charge in [-0.05, 0) is 16.7 Å². The molecule has 2 aliphatic rings. The molecule has 4 rings (SSSR count). The summed E-state index contributed by atoms with van der Waals surface area (Å²) in [6, 6.07) is 15.5. The highest BCUT2D eigenvalue weighted by molar-refractivity contribution is 6.76. The number of nitrogens with one attached hydrogen (secondary N) is 1. The van der Waals surface area contributed by atoms with E-state index < -0.39 is 16.0 Å². The first-order valence-electron chi connectivity index (χ1n) is 12.0. The minimum absolute atomic E-state index is 0.00121. The number of ether oxygens (including phenoxy) is 3. The number of morpholine rings is 1. The second-order valence-corrected chi connectivity index (χ2v) is 11.4. The van der Waals surface area contributed by atoms with Crippen molar-refractivity contribution in [2.45, 2.75) is 42.4 Å². The fraction of sp³-hybridized carbons (Fsp3) is 0.500.